The van der Waals surface area contributed by atoms with Crippen molar-refractivity contribution >= 4 is 29.1 Å². The number of nitrogens with zero attached hydrogens (tertiary/aromatic N) is 1. The summed E-state index contributed by atoms with van der Waals surface area (Å²) in [6.07, 6.45) is 3.15. The molecule has 0 aliphatic rings. The first-order valence-electron chi connectivity index (χ1n) is 4.35. The molecule has 82 valence electrons. The van der Waals surface area contributed by atoms with E-state index in [2.05, 4.69) is 6.58 Å². The van der Waals surface area contributed by atoms with Crippen molar-refractivity contribution in [2.24, 2.45) is 0 Å². The van der Waals surface area contributed by atoms with Crippen molar-refractivity contribution in [2.45, 2.75) is 11.4 Å². The molecule has 0 saturated heterocycles. The molecule has 0 radical (unpaired) electrons. The Labute approximate surface area is 98.3 Å². The molecule has 1 rings (SSSR count). The first-order valence-corrected chi connectivity index (χ1v) is 5.22. The molecular formula is C10H11Cl2NO2. The number of hydrogen-bond donors (Lipinski definition) is 0. The van der Waals surface area contributed by atoms with E-state index in [1.165, 1.54) is 4.90 Å². The second-order valence-electron chi connectivity index (χ2n) is 2.89. The van der Waals surface area contributed by atoms with Crippen molar-refractivity contribution in [3.63, 3.8) is 0 Å². The number of carbonyl (C=O) groups excluding carboxylic acids is 1. The van der Waals surface area contributed by atoms with E-state index >= 15 is 0 Å². The van der Waals surface area contributed by atoms with Gasteiger partial charge in [0, 0.05) is 6.54 Å². The van der Waals surface area contributed by atoms with Crippen LogP contribution in [0.25, 0.3) is 0 Å². The Morgan fingerprint density at radius 2 is 2.40 bits per heavy atom. The topological polar surface area (TPSA) is 33.5 Å². The quantitative estimate of drug-likeness (QED) is 0.592. The minimum absolute atomic E-state index is 0.341. The minimum atomic E-state index is -1.06. The molecule has 0 bridgehead atoms. The van der Waals surface area contributed by atoms with Gasteiger partial charge in [-0.3, -0.25) is 4.79 Å². The van der Waals surface area contributed by atoms with Crippen LogP contribution >= 0.6 is 23.2 Å². The summed E-state index contributed by atoms with van der Waals surface area (Å²) in [4.78, 5) is 11.9. The third-order valence-electron chi connectivity index (χ3n) is 1.77. The number of furan rings is 1. The zero-order valence-corrected chi connectivity index (χ0v) is 9.54. The fourth-order valence-corrected chi connectivity index (χ4v) is 1.39. The van der Waals surface area contributed by atoms with Crippen LogP contribution in [0.2, 0.25) is 0 Å². The van der Waals surface area contributed by atoms with Gasteiger partial charge in [0.25, 0.3) is 5.91 Å². The van der Waals surface area contributed by atoms with E-state index in [1.54, 1.807) is 24.5 Å². The van der Waals surface area contributed by atoms with Gasteiger partial charge < -0.3 is 9.32 Å². The third-order valence-corrected chi connectivity index (χ3v) is 2.15. The summed E-state index contributed by atoms with van der Waals surface area (Å²) in [6.45, 7) is 4.29. The Balaban J connectivity index is 2.66. The van der Waals surface area contributed by atoms with Crippen molar-refractivity contribution in [2.75, 3.05) is 6.54 Å². The summed E-state index contributed by atoms with van der Waals surface area (Å²) >= 11 is 11.0. The summed E-state index contributed by atoms with van der Waals surface area (Å²) in [5, 5.41) is 0. The Hall–Kier alpha value is -0.930. The van der Waals surface area contributed by atoms with Crippen LogP contribution in [0.15, 0.2) is 35.5 Å². The van der Waals surface area contributed by atoms with Crippen LogP contribution in [-0.2, 0) is 11.3 Å². The first kappa shape index (κ1) is 12.1. The van der Waals surface area contributed by atoms with Gasteiger partial charge in [-0.25, -0.2) is 0 Å². The van der Waals surface area contributed by atoms with Crippen molar-refractivity contribution in [3.8, 4) is 0 Å². The fraction of sp³-hybridized carbons (Fsp3) is 0.300. The average molecular weight is 248 g/mol. The van der Waals surface area contributed by atoms with Crippen LogP contribution in [0.4, 0.5) is 0 Å². The number of hydrogen-bond acceptors (Lipinski definition) is 2. The molecule has 3 nitrogen and oxygen atoms in total. The predicted octanol–water partition coefficient (Wildman–Crippen LogP) is 2.60. The van der Waals surface area contributed by atoms with E-state index in [4.69, 9.17) is 27.6 Å². The van der Waals surface area contributed by atoms with E-state index in [1.807, 2.05) is 0 Å². The lowest BCUT2D eigenvalue weighted by atomic mass is 10.3. The number of alkyl halides is 2. The maximum atomic E-state index is 11.5. The van der Waals surface area contributed by atoms with E-state index in [-0.39, 0.29) is 5.91 Å². The van der Waals surface area contributed by atoms with E-state index < -0.39 is 4.84 Å². The number of halogens is 2. The van der Waals surface area contributed by atoms with Gasteiger partial charge in [0.1, 0.15) is 5.76 Å². The van der Waals surface area contributed by atoms with Crippen LogP contribution in [0, 0.1) is 0 Å². The van der Waals surface area contributed by atoms with E-state index in [9.17, 15) is 4.79 Å². The summed E-state index contributed by atoms with van der Waals surface area (Å²) in [6, 6.07) is 3.53. The Bertz CT molecular complexity index is 322. The lowest BCUT2D eigenvalue weighted by Crippen LogP contribution is -2.34. The zero-order chi connectivity index (χ0) is 11.3. The van der Waals surface area contributed by atoms with Crippen molar-refractivity contribution < 1.29 is 9.21 Å². The van der Waals surface area contributed by atoms with Gasteiger partial charge in [0.05, 0.1) is 12.8 Å². The molecule has 0 atom stereocenters. The van der Waals surface area contributed by atoms with Crippen LogP contribution in [0.5, 0.6) is 0 Å². The Morgan fingerprint density at radius 3 is 2.87 bits per heavy atom. The SMILES string of the molecule is C=CCN(Cc1ccco1)C(=O)C(Cl)Cl. The highest BCUT2D eigenvalue weighted by atomic mass is 35.5. The zero-order valence-electron chi connectivity index (χ0n) is 8.03. The molecule has 0 fully saturated rings. The highest BCUT2D eigenvalue weighted by Crippen LogP contribution is 2.11. The maximum absolute atomic E-state index is 11.5. The first-order chi connectivity index (χ1) is 7.15. The van der Waals surface area contributed by atoms with Gasteiger partial charge in [-0.05, 0) is 12.1 Å². The standard InChI is InChI=1S/C10H11Cl2NO2/c1-2-5-13(10(14)9(11)12)7-8-4-3-6-15-8/h2-4,6,9H,1,5,7H2. The van der Waals surface area contributed by atoms with Crippen LogP contribution < -0.4 is 0 Å². The number of carbonyl (C=O) groups is 1. The molecule has 1 aromatic heterocycles. The summed E-state index contributed by atoms with van der Waals surface area (Å²) in [5.74, 6) is 0.328. The predicted molar refractivity (Wildman–Crippen MR) is 59.8 cm³/mol. The summed E-state index contributed by atoms with van der Waals surface area (Å²) < 4.78 is 5.13. The molecule has 0 aliphatic heterocycles. The van der Waals surface area contributed by atoms with Crippen molar-refractivity contribution in [3.05, 3.63) is 36.8 Å². The van der Waals surface area contributed by atoms with Gasteiger partial charge in [-0.2, -0.15) is 0 Å². The smallest absolute Gasteiger partial charge is 0.256 e. The van der Waals surface area contributed by atoms with Crippen molar-refractivity contribution in [1.29, 1.82) is 0 Å². The lowest BCUT2D eigenvalue weighted by Gasteiger charge is -2.20. The average Bonchev–Trinajstić information content (AvgIpc) is 2.68. The largest absolute Gasteiger partial charge is 0.467 e. The second-order valence-corrected chi connectivity index (χ2v) is 3.98. The Morgan fingerprint density at radius 1 is 1.67 bits per heavy atom. The van der Waals surface area contributed by atoms with Gasteiger partial charge in [-0.1, -0.05) is 29.3 Å². The number of rotatable bonds is 5. The summed E-state index contributed by atoms with van der Waals surface area (Å²) in [5.41, 5.74) is 0. The molecular weight excluding hydrogens is 237 g/mol. The lowest BCUT2D eigenvalue weighted by molar-refractivity contribution is -0.129. The molecule has 1 heterocycles. The molecule has 0 N–H and O–H groups in total. The summed E-state index contributed by atoms with van der Waals surface area (Å²) in [7, 11) is 0. The van der Waals surface area contributed by atoms with Crippen LogP contribution in [0.1, 0.15) is 5.76 Å². The van der Waals surface area contributed by atoms with Crippen LogP contribution in [0.3, 0.4) is 0 Å². The highest BCUT2D eigenvalue weighted by Gasteiger charge is 2.20. The van der Waals surface area contributed by atoms with E-state index in [0.717, 1.165) is 0 Å². The maximum Gasteiger partial charge on any atom is 0.256 e. The molecule has 1 aromatic rings. The number of amides is 1. The molecule has 5 heteroatoms. The molecule has 0 unspecified atom stereocenters. The third kappa shape index (κ3) is 3.61. The van der Waals surface area contributed by atoms with Gasteiger partial charge in [-0.15, -0.1) is 6.58 Å². The van der Waals surface area contributed by atoms with Gasteiger partial charge in [0.15, 0.2) is 4.84 Å². The van der Waals surface area contributed by atoms with E-state index in [0.29, 0.717) is 18.8 Å². The molecule has 0 aliphatic carbocycles. The van der Waals surface area contributed by atoms with Gasteiger partial charge >= 0.3 is 0 Å². The highest BCUT2D eigenvalue weighted by molar-refractivity contribution is 6.53. The Kier molecular flexibility index (Phi) is 4.72. The van der Waals surface area contributed by atoms with Gasteiger partial charge in [0.2, 0.25) is 0 Å². The minimum Gasteiger partial charge on any atom is -0.467 e. The second kappa shape index (κ2) is 5.83. The van der Waals surface area contributed by atoms with Crippen molar-refractivity contribution in [1.82, 2.24) is 4.90 Å². The van der Waals surface area contributed by atoms with Crippen LogP contribution in [-0.4, -0.2) is 22.2 Å². The molecule has 0 spiro atoms. The monoisotopic (exact) mass is 247 g/mol. The fourth-order valence-electron chi connectivity index (χ4n) is 1.12. The normalized spacial score (nSPS) is 10.3. The molecule has 15 heavy (non-hydrogen) atoms. The molecule has 0 saturated carbocycles. The molecule has 1 amide bonds. The molecule has 0 aromatic carbocycles.